The molecule has 40 heavy (non-hydrogen) atoms. The highest BCUT2D eigenvalue weighted by atomic mass is 32.1. The van der Waals surface area contributed by atoms with Gasteiger partial charge in [0, 0.05) is 21.9 Å². The highest BCUT2D eigenvalue weighted by Gasteiger charge is 2.21. The van der Waals surface area contributed by atoms with E-state index >= 15 is 0 Å². The highest BCUT2D eigenvalue weighted by Crippen LogP contribution is 2.37. The molecule has 2 N–H and O–H groups in total. The lowest BCUT2D eigenvalue weighted by Gasteiger charge is -2.05. The molecular weight excluding hydrogens is 548 g/mol. The van der Waals surface area contributed by atoms with E-state index < -0.39 is 23.8 Å². The summed E-state index contributed by atoms with van der Waals surface area (Å²) in [5.41, 5.74) is 2.22. The summed E-state index contributed by atoms with van der Waals surface area (Å²) in [6.45, 7) is 3.77. The van der Waals surface area contributed by atoms with E-state index in [1.807, 2.05) is 60.7 Å². The second-order valence-electron chi connectivity index (χ2n) is 8.19. The first kappa shape index (κ1) is 28.5. The van der Waals surface area contributed by atoms with Crippen molar-refractivity contribution in [1.29, 1.82) is 0 Å². The monoisotopic (exact) mass is 574 g/mol. The fourth-order valence-corrected chi connectivity index (χ4v) is 5.75. The van der Waals surface area contributed by atoms with Crippen molar-refractivity contribution >= 4 is 56.4 Å². The van der Waals surface area contributed by atoms with Crippen LogP contribution in [-0.2, 0) is 19.1 Å². The van der Waals surface area contributed by atoms with Crippen LogP contribution in [0.2, 0.25) is 0 Å². The van der Waals surface area contributed by atoms with Gasteiger partial charge in [-0.3, -0.25) is 9.59 Å². The smallest absolute Gasteiger partial charge is 0.341 e. The fourth-order valence-electron chi connectivity index (χ4n) is 3.64. The van der Waals surface area contributed by atoms with Gasteiger partial charge in [0.05, 0.1) is 24.3 Å². The van der Waals surface area contributed by atoms with Gasteiger partial charge in [0.15, 0.2) is 0 Å². The zero-order valence-corrected chi connectivity index (χ0v) is 23.4. The summed E-state index contributed by atoms with van der Waals surface area (Å²) in [7, 11) is 0. The van der Waals surface area contributed by atoms with Gasteiger partial charge in [-0.05, 0) is 37.1 Å². The van der Waals surface area contributed by atoms with E-state index in [9.17, 15) is 19.2 Å². The maximum absolute atomic E-state index is 12.7. The van der Waals surface area contributed by atoms with E-state index in [4.69, 9.17) is 9.47 Å². The number of carbonyl (C=O) groups excluding carboxylic acids is 4. The van der Waals surface area contributed by atoms with Crippen LogP contribution in [-0.4, -0.2) is 37.0 Å². The van der Waals surface area contributed by atoms with Gasteiger partial charge in [0.1, 0.15) is 10.0 Å². The number of hydrogen-bond acceptors (Lipinski definition) is 8. The van der Waals surface area contributed by atoms with E-state index in [0.29, 0.717) is 10.0 Å². The maximum Gasteiger partial charge on any atom is 0.341 e. The molecular formula is C30H26N2O6S2. The average molecular weight is 575 g/mol. The Morgan fingerprint density at radius 3 is 1.38 bits per heavy atom. The van der Waals surface area contributed by atoms with Crippen molar-refractivity contribution in [2.45, 2.75) is 13.8 Å². The van der Waals surface area contributed by atoms with Crippen LogP contribution in [0, 0.1) is 0 Å². The molecule has 8 nitrogen and oxygen atoms in total. The summed E-state index contributed by atoms with van der Waals surface area (Å²) in [6, 6.07) is 22.2. The Labute approximate surface area is 239 Å². The van der Waals surface area contributed by atoms with Crippen molar-refractivity contribution in [2.75, 3.05) is 23.8 Å². The third-order valence-electron chi connectivity index (χ3n) is 5.43. The summed E-state index contributed by atoms with van der Waals surface area (Å²) in [5, 5.41) is 5.96. The lowest BCUT2D eigenvalue weighted by Crippen LogP contribution is -2.14. The number of thiophene rings is 2. The standard InChI is InChI=1S/C30H26N2O6S2/c1-3-37-29(35)21-17-23(19-11-7-5-8-12-19)39-27(21)31-25(33)15-16-26(34)32-28-22(30(36)38-4-2)18-24(40-28)20-13-9-6-10-14-20/h5-18H,3-4H2,1-2H3,(H,31,33)(H,32,34)/b16-15+. The minimum Gasteiger partial charge on any atom is -0.462 e. The number of amides is 2. The fraction of sp³-hybridized carbons (Fsp3) is 0.133. The van der Waals surface area contributed by atoms with Crippen molar-refractivity contribution < 1.29 is 28.7 Å². The summed E-state index contributed by atoms with van der Waals surface area (Å²) in [5.74, 6) is -2.33. The molecule has 4 rings (SSSR count). The van der Waals surface area contributed by atoms with Crippen LogP contribution in [0.4, 0.5) is 10.0 Å². The van der Waals surface area contributed by atoms with Crippen LogP contribution in [0.25, 0.3) is 20.9 Å². The number of anilines is 2. The van der Waals surface area contributed by atoms with Crippen LogP contribution in [0.15, 0.2) is 84.9 Å². The Hall–Kier alpha value is -4.54. The van der Waals surface area contributed by atoms with Gasteiger partial charge in [-0.2, -0.15) is 0 Å². The first-order chi connectivity index (χ1) is 19.4. The normalized spacial score (nSPS) is 10.8. The maximum atomic E-state index is 12.7. The van der Waals surface area contributed by atoms with Gasteiger partial charge in [-0.1, -0.05) is 60.7 Å². The molecule has 0 bridgehead atoms. The molecule has 4 aromatic rings. The molecule has 2 amide bonds. The third-order valence-corrected chi connectivity index (χ3v) is 7.63. The van der Waals surface area contributed by atoms with Crippen LogP contribution >= 0.6 is 22.7 Å². The molecule has 0 aliphatic heterocycles. The zero-order valence-electron chi connectivity index (χ0n) is 21.8. The Morgan fingerprint density at radius 1 is 0.650 bits per heavy atom. The van der Waals surface area contributed by atoms with E-state index in [-0.39, 0.29) is 24.3 Å². The van der Waals surface area contributed by atoms with Crippen molar-refractivity contribution in [3.05, 3.63) is 96.1 Å². The van der Waals surface area contributed by atoms with Gasteiger partial charge in [0.25, 0.3) is 0 Å². The molecule has 0 radical (unpaired) electrons. The van der Waals surface area contributed by atoms with Crippen molar-refractivity contribution in [2.24, 2.45) is 0 Å². The number of carbonyl (C=O) groups is 4. The number of ether oxygens (including phenoxy) is 2. The first-order valence-corrected chi connectivity index (χ1v) is 14.1. The third kappa shape index (κ3) is 7.10. The quantitative estimate of drug-likeness (QED) is 0.162. The topological polar surface area (TPSA) is 111 Å². The molecule has 0 aliphatic carbocycles. The molecule has 2 aromatic carbocycles. The van der Waals surface area contributed by atoms with Crippen LogP contribution in [0.3, 0.4) is 0 Å². The van der Waals surface area contributed by atoms with E-state index in [1.165, 1.54) is 22.7 Å². The van der Waals surface area contributed by atoms with E-state index in [2.05, 4.69) is 10.6 Å². The van der Waals surface area contributed by atoms with Crippen LogP contribution in [0.5, 0.6) is 0 Å². The summed E-state index contributed by atoms with van der Waals surface area (Å²) >= 11 is 2.45. The number of hydrogen-bond donors (Lipinski definition) is 2. The Morgan fingerprint density at radius 2 is 1.02 bits per heavy atom. The Kier molecular flexibility index (Phi) is 9.61. The second kappa shape index (κ2) is 13.5. The van der Waals surface area contributed by atoms with Gasteiger partial charge < -0.3 is 20.1 Å². The lowest BCUT2D eigenvalue weighted by atomic mass is 10.1. The average Bonchev–Trinajstić information content (AvgIpc) is 3.58. The highest BCUT2D eigenvalue weighted by molar-refractivity contribution is 7.20. The van der Waals surface area contributed by atoms with Gasteiger partial charge >= 0.3 is 11.9 Å². The van der Waals surface area contributed by atoms with Crippen LogP contribution < -0.4 is 10.6 Å². The summed E-state index contributed by atoms with van der Waals surface area (Å²) in [6.07, 6.45) is 2.11. The zero-order chi connectivity index (χ0) is 28.5. The Bertz CT molecular complexity index is 1430. The number of esters is 2. The lowest BCUT2D eigenvalue weighted by molar-refractivity contribution is -0.114. The van der Waals surface area contributed by atoms with Crippen molar-refractivity contribution in [1.82, 2.24) is 0 Å². The van der Waals surface area contributed by atoms with Gasteiger partial charge in [0.2, 0.25) is 11.8 Å². The number of benzene rings is 2. The molecule has 0 saturated heterocycles. The molecule has 0 unspecified atom stereocenters. The van der Waals surface area contributed by atoms with Gasteiger partial charge in [-0.25, -0.2) is 9.59 Å². The minimum atomic E-state index is -0.607. The second-order valence-corrected chi connectivity index (χ2v) is 10.3. The van der Waals surface area contributed by atoms with E-state index in [1.54, 1.807) is 26.0 Å². The summed E-state index contributed by atoms with van der Waals surface area (Å²) in [4.78, 5) is 52.0. The molecule has 10 heteroatoms. The predicted octanol–water partition coefficient (Wildman–Crippen LogP) is 6.63. The SMILES string of the molecule is CCOC(=O)c1cc(-c2ccccc2)sc1NC(=O)/C=C/C(=O)Nc1sc(-c2ccccc2)cc1C(=O)OCC. The molecule has 0 aliphatic rings. The summed E-state index contributed by atoms with van der Waals surface area (Å²) < 4.78 is 10.3. The van der Waals surface area contributed by atoms with Crippen LogP contribution in [0.1, 0.15) is 34.6 Å². The first-order valence-electron chi connectivity index (χ1n) is 12.4. The molecule has 204 valence electrons. The Balaban J connectivity index is 1.50. The number of rotatable bonds is 10. The molecule has 0 spiro atoms. The minimum absolute atomic E-state index is 0.186. The molecule has 0 saturated carbocycles. The van der Waals surface area contributed by atoms with Gasteiger partial charge in [-0.15, -0.1) is 22.7 Å². The van der Waals surface area contributed by atoms with Crippen molar-refractivity contribution in [3.8, 4) is 20.9 Å². The van der Waals surface area contributed by atoms with Crippen molar-refractivity contribution in [3.63, 3.8) is 0 Å². The van der Waals surface area contributed by atoms with E-state index in [0.717, 1.165) is 33.0 Å². The largest absolute Gasteiger partial charge is 0.462 e. The predicted molar refractivity (Wildman–Crippen MR) is 158 cm³/mol. The molecule has 0 atom stereocenters. The molecule has 2 aromatic heterocycles. The number of nitrogens with one attached hydrogen (secondary N) is 2. The molecule has 2 heterocycles. The molecule has 0 fully saturated rings.